The Labute approximate surface area is 311 Å². The lowest BCUT2D eigenvalue weighted by Gasteiger charge is -2.62. The number of rotatable bonds is 15. The van der Waals surface area contributed by atoms with Crippen LogP contribution in [0, 0.1) is 71.0 Å². The van der Waals surface area contributed by atoms with Crippen molar-refractivity contribution in [3.63, 3.8) is 0 Å². The first-order valence-electron chi connectivity index (χ1n) is 20.5. The Hall–Kier alpha value is -1.06. The molecule has 3 nitrogen and oxygen atoms in total. The molecule has 9 heteroatoms. The molecule has 0 saturated heterocycles. The number of aliphatic hydroxyl groups is 1. The highest BCUT2D eigenvalue weighted by Crippen LogP contribution is 2.70. The van der Waals surface area contributed by atoms with E-state index in [1.54, 1.807) is 6.92 Å². The Morgan fingerprint density at radius 1 is 0.902 bits per heavy atom. The van der Waals surface area contributed by atoms with Gasteiger partial charge in [-0.15, -0.1) is 0 Å². The fourth-order valence-electron chi connectivity index (χ4n) is 11.7. The zero-order valence-electron chi connectivity index (χ0n) is 34.7. The van der Waals surface area contributed by atoms with Crippen LogP contribution in [-0.4, -0.2) is 44.5 Å². The molecule has 1 aromatic rings. The van der Waals surface area contributed by atoms with Gasteiger partial charge in [-0.25, -0.2) is 0 Å². The molecule has 2 fully saturated rings. The van der Waals surface area contributed by atoms with Gasteiger partial charge in [-0.1, -0.05) is 79.5 Å². The number of fused-ring (bicyclic) bond motifs is 5. The van der Waals surface area contributed by atoms with Gasteiger partial charge in [-0.3, -0.25) is 0 Å². The summed E-state index contributed by atoms with van der Waals surface area (Å²) in [4.78, 5) is 0. The standard InChI is InChI=1S/C42H67F5O3S/c1-24(2)40-23-39(9,10)38-33-17-30(8)35(48)19-31(33)18-32(37(38)34(40)11-12-36(40)49)16-27(5)14-25(3)13-26(4)15-28(6)21-51(50)22-29(7)20-41(43,44)42(45,46)47/h17,19,24-29,32,34,36-38,48-49H,11-16,18,20-23H2,1-10H3/t25?,26?,27?,28?,29?,32-,34+,36+,37+,38-,40-,51?/m1/s1/i17D,19D. The first-order valence-corrected chi connectivity index (χ1v) is 21.0. The van der Waals surface area contributed by atoms with E-state index >= 15 is 0 Å². The van der Waals surface area contributed by atoms with Crippen molar-refractivity contribution >= 4 is 11.2 Å². The first-order chi connectivity index (χ1) is 24.2. The van der Waals surface area contributed by atoms with E-state index in [0.29, 0.717) is 47.6 Å². The van der Waals surface area contributed by atoms with E-state index in [0.717, 1.165) is 56.1 Å². The minimum Gasteiger partial charge on any atom is -0.616 e. The molecule has 1 aromatic carbocycles. The maximum Gasteiger partial charge on any atom is 0.453 e. The van der Waals surface area contributed by atoms with E-state index in [9.17, 15) is 38.1 Å². The van der Waals surface area contributed by atoms with Crippen molar-refractivity contribution in [3.8, 4) is 5.75 Å². The van der Waals surface area contributed by atoms with Crippen LogP contribution in [0.15, 0.2) is 12.1 Å². The van der Waals surface area contributed by atoms with Gasteiger partial charge in [0, 0.05) is 23.7 Å². The fraction of sp³-hybridized carbons (Fsp3) is 0.857. The summed E-state index contributed by atoms with van der Waals surface area (Å²) in [5.74, 6) is -3.44. The van der Waals surface area contributed by atoms with E-state index < -0.39 is 35.6 Å². The van der Waals surface area contributed by atoms with E-state index in [1.165, 1.54) is 6.92 Å². The van der Waals surface area contributed by atoms with Crippen LogP contribution in [0.25, 0.3) is 0 Å². The molecule has 294 valence electrons. The highest BCUT2D eigenvalue weighted by molar-refractivity contribution is 7.91. The molecule has 0 spiro atoms. The van der Waals surface area contributed by atoms with Gasteiger partial charge in [-0.05, 0) is 134 Å². The zero-order chi connectivity index (χ0) is 40.2. The monoisotopic (exact) mass is 748 g/mol. The normalized spacial score (nSPS) is 31.8. The summed E-state index contributed by atoms with van der Waals surface area (Å²) in [5, 5.41) is 22.6. The fourth-order valence-corrected chi connectivity index (χ4v) is 13.4. The Balaban J connectivity index is 1.44. The number of hydrogen-bond acceptors (Lipinski definition) is 3. The molecule has 0 amide bonds. The third kappa shape index (κ3) is 9.26. The van der Waals surface area contributed by atoms with Gasteiger partial charge >= 0.3 is 12.1 Å². The predicted molar refractivity (Wildman–Crippen MR) is 198 cm³/mol. The summed E-state index contributed by atoms with van der Waals surface area (Å²) in [7, 11) is 0. The molecule has 3 aliphatic carbocycles. The van der Waals surface area contributed by atoms with Crippen molar-refractivity contribution in [2.75, 3.05) is 11.5 Å². The Morgan fingerprint density at radius 3 is 2.06 bits per heavy atom. The molecular formula is C42H67F5O3S. The average molecular weight is 749 g/mol. The van der Waals surface area contributed by atoms with E-state index in [1.807, 2.05) is 6.92 Å². The first kappa shape index (κ1) is 39.6. The van der Waals surface area contributed by atoms with E-state index in [2.05, 4.69) is 48.5 Å². The predicted octanol–water partition coefficient (Wildman–Crippen LogP) is 11.5. The van der Waals surface area contributed by atoms with Crippen LogP contribution in [0.5, 0.6) is 5.75 Å². The van der Waals surface area contributed by atoms with Gasteiger partial charge in [0.2, 0.25) is 0 Å². The second-order valence-electron chi connectivity index (χ2n) is 18.9. The summed E-state index contributed by atoms with van der Waals surface area (Å²) in [6.45, 7) is 20.9. The minimum atomic E-state index is -5.60. The maximum atomic E-state index is 13.5. The molecule has 3 aliphatic rings. The molecule has 0 bridgehead atoms. The third-order valence-electron chi connectivity index (χ3n) is 13.3. The van der Waals surface area contributed by atoms with Crippen LogP contribution in [0.1, 0.15) is 139 Å². The highest BCUT2D eigenvalue weighted by Gasteiger charge is 2.64. The molecule has 51 heavy (non-hydrogen) atoms. The van der Waals surface area contributed by atoms with Crippen molar-refractivity contribution < 1.29 is 39.5 Å². The smallest absolute Gasteiger partial charge is 0.453 e. The van der Waals surface area contributed by atoms with Crippen molar-refractivity contribution in [2.45, 2.75) is 151 Å². The maximum absolute atomic E-state index is 13.5. The average Bonchev–Trinajstić information content (AvgIpc) is 3.33. The second-order valence-corrected chi connectivity index (χ2v) is 20.5. The summed E-state index contributed by atoms with van der Waals surface area (Å²) in [6.07, 6.45) is -0.333. The Bertz CT molecular complexity index is 1420. The van der Waals surface area contributed by atoms with Crippen LogP contribution < -0.4 is 0 Å². The molecule has 0 radical (unpaired) electrons. The molecule has 12 atom stereocenters. The van der Waals surface area contributed by atoms with Gasteiger partial charge in [0.05, 0.1) is 8.85 Å². The second kappa shape index (κ2) is 16.0. The summed E-state index contributed by atoms with van der Waals surface area (Å²) in [6, 6.07) is 0.537. The Morgan fingerprint density at radius 2 is 1.47 bits per heavy atom. The van der Waals surface area contributed by atoms with Crippen molar-refractivity contribution in [1.82, 2.24) is 0 Å². The number of aliphatic hydroxyl groups excluding tert-OH is 1. The largest absolute Gasteiger partial charge is 0.616 e. The summed E-state index contributed by atoms with van der Waals surface area (Å²) in [5.41, 5.74) is 1.85. The molecule has 6 unspecified atom stereocenters. The van der Waals surface area contributed by atoms with Crippen molar-refractivity contribution in [1.29, 1.82) is 0 Å². The lowest BCUT2D eigenvalue weighted by molar-refractivity contribution is -0.287. The quantitative estimate of drug-likeness (QED) is 0.139. The molecule has 0 aliphatic heterocycles. The lowest BCUT2D eigenvalue weighted by atomic mass is 9.42. The topological polar surface area (TPSA) is 63.5 Å². The van der Waals surface area contributed by atoms with E-state index in [4.69, 9.17) is 1.37 Å². The molecule has 2 N–H and O–H groups in total. The number of halogens is 5. The lowest BCUT2D eigenvalue weighted by Crippen LogP contribution is -2.57. The van der Waals surface area contributed by atoms with Gasteiger partial charge in [0.25, 0.3) is 0 Å². The van der Waals surface area contributed by atoms with Gasteiger partial charge in [0.15, 0.2) is 0 Å². The molecule has 4 rings (SSSR count). The van der Waals surface area contributed by atoms with Crippen LogP contribution in [0.4, 0.5) is 22.0 Å². The number of aromatic hydroxyl groups is 1. The molecule has 2 saturated carbocycles. The summed E-state index contributed by atoms with van der Waals surface area (Å²) >= 11 is -1.48. The number of benzene rings is 1. The number of phenols is 1. The van der Waals surface area contributed by atoms with Gasteiger partial charge in [0.1, 0.15) is 17.3 Å². The molecular weight excluding hydrogens is 680 g/mol. The number of alkyl halides is 5. The molecule has 0 heterocycles. The molecule has 0 aromatic heterocycles. The van der Waals surface area contributed by atoms with Crippen LogP contribution in [0.2, 0.25) is 0 Å². The third-order valence-corrected chi connectivity index (χ3v) is 15.1. The van der Waals surface area contributed by atoms with Crippen molar-refractivity contribution in [2.24, 2.45) is 64.1 Å². The van der Waals surface area contributed by atoms with Crippen LogP contribution in [0.3, 0.4) is 0 Å². The highest BCUT2D eigenvalue weighted by atomic mass is 32.2. The Kier molecular flexibility index (Phi) is 12.4. The van der Waals surface area contributed by atoms with Crippen LogP contribution >= 0.6 is 0 Å². The number of hydrogen-bond donors (Lipinski definition) is 2. The minimum absolute atomic E-state index is 0.0451. The zero-order valence-corrected chi connectivity index (χ0v) is 33.5. The van der Waals surface area contributed by atoms with E-state index in [-0.39, 0.29) is 63.9 Å². The van der Waals surface area contributed by atoms with Crippen LogP contribution in [-0.2, 0) is 17.6 Å². The van der Waals surface area contributed by atoms with Crippen molar-refractivity contribution in [3.05, 3.63) is 28.8 Å². The SMILES string of the molecule is [2H]c1c(O)c(C)c([2H])c2c1C[C@@H](CC(C)CC(C)CC(C)CC(C)C[S+]([O-])CC(C)CC(F)(F)C(F)(F)F)[C@@H]1[C@@H]2C(C)(C)C[C@]2(C(C)C)[C@@H](O)CC[C@@H]12. The number of phenolic OH excluding ortho intramolecular Hbond substituents is 1. The summed E-state index contributed by atoms with van der Waals surface area (Å²) < 4.78 is 95.8. The van der Waals surface area contributed by atoms with Gasteiger partial charge < -0.3 is 14.8 Å². The van der Waals surface area contributed by atoms with Gasteiger partial charge in [-0.2, -0.15) is 22.0 Å².